The Morgan fingerprint density at radius 2 is 1.90 bits per heavy atom. The van der Waals surface area contributed by atoms with Gasteiger partial charge in [-0.1, -0.05) is 6.07 Å². The van der Waals surface area contributed by atoms with Crippen LogP contribution in [0.4, 0.5) is 10.5 Å². The van der Waals surface area contributed by atoms with Crippen LogP contribution in [0, 0.1) is 13.0 Å². The van der Waals surface area contributed by atoms with Crippen LogP contribution in [-0.2, 0) is 4.74 Å². The lowest BCUT2D eigenvalue weighted by molar-refractivity contribution is 0.0240. The zero-order chi connectivity index (χ0) is 14.8. The molecule has 4 nitrogen and oxygen atoms in total. The molecule has 0 unspecified atom stereocenters. The van der Waals surface area contributed by atoms with Crippen LogP contribution in [0.2, 0.25) is 0 Å². The topological polar surface area (TPSA) is 32.8 Å². The zero-order valence-corrected chi connectivity index (χ0v) is 12.8. The average molecular weight is 275 g/mol. The third-order valence-corrected chi connectivity index (χ3v) is 3.31. The molecule has 0 aliphatic carbocycles. The van der Waals surface area contributed by atoms with Gasteiger partial charge in [0.2, 0.25) is 0 Å². The zero-order valence-electron chi connectivity index (χ0n) is 12.8. The van der Waals surface area contributed by atoms with Crippen molar-refractivity contribution in [3.63, 3.8) is 0 Å². The van der Waals surface area contributed by atoms with Crippen LogP contribution >= 0.6 is 0 Å². The first kappa shape index (κ1) is 14.7. The van der Waals surface area contributed by atoms with Gasteiger partial charge >= 0.3 is 6.09 Å². The number of anilines is 1. The van der Waals surface area contributed by atoms with Crippen LogP contribution in [0.3, 0.4) is 0 Å². The van der Waals surface area contributed by atoms with Crippen LogP contribution in [0.25, 0.3) is 0 Å². The van der Waals surface area contributed by atoms with E-state index in [0.29, 0.717) is 13.1 Å². The summed E-state index contributed by atoms with van der Waals surface area (Å²) >= 11 is 0. The van der Waals surface area contributed by atoms with Gasteiger partial charge < -0.3 is 14.5 Å². The van der Waals surface area contributed by atoms with Gasteiger partial charge in [-0.15, -0.1) is 0 Å². The molecule has 1 fully saturated rings. The molecule has 0 atom stereocenters. The minimum atomic E-state index is -0.430. The molecule has 0 spiro atoms. The molecule has 0 aromatic heterocycles. The summed E-state index contributed by atoms with van der Waals surface area (Å²) in [4.78, 5) is 16.1. The smallest absolute Gasteiger partial charge is 0.410 e. The maximum Gasteiger partial charge on any atom is 0.410 e. The summed E-state index contributed by atoms with van der Waals surface area (Å²) in [6.45, 7) is 10.8. The molecule has 0 saturated carbocycles. The lowest BCUT2D eigenvalue weighted by Crippen LogP contribution is -2.50. The molecular weight excluding hydrogens is 252 g/mol. The van der Waals surface area contributed by atoms with Gasteiger partial charge in [-0.05, 0) is 51.5 Å². The monoisotopic (exact) mass is 275 g/mol. The van der Waals surface area contributed by atoms with Gasteiger partial charge in [-0.3, -0.25) is 0 Å². The summed E-state index contributed by atoms with van der Waals surface area (Å²) in [7, 11) is 0. The van der Waals surface area contributed by atoms with Gasteiger partial charge in [0, 0.05) is 31.9 Å². The highest BCUT2D eigenvalue weighted by Crippen LogP contribution is 2.21. The second-order valence-corrected chi connectivity index (χ2v) is 6.17. The number of ether oxygens (including phenoxy) is 1. The lowest BCUT2D eigenvalue weighted by atomic mass is 10.1. The third kappa shape index (κ3) is 3.65. The highest BCUT2D eigenvalue weighted by Gasteiger charge is 2.26. The predicted octanol–water partition coefficient (Wildman–Crippen LogP) is 2.85. The fourth-order valence-corrected chi connectivity index (χ4v) is 2.32. The van der Waals surface area contributed by atoms with Crippen LogP contribution in [0.5, 0.6) is 0 Å². The van der Waals surface area contributed by atoms with E-state index in [1.165, 1.54) is 11.3 Å². The molecule has 1 aromatic rings. The summed E-state index contributed by atoms with van der Waals surface area (Å²) in [6.07, 6.45) is -0.213. The third-order valence-electron chi connectivity index (χ3n) is 3.31. The Balaban J connectivity index is 1.93. The second-order valence-electron chi connectivity index (χ2n) is 6.17. The molecule has 1 amide bonds. The van der Waals surface area contributed by atoms with Crippen molar-refractivity contribution in [1.29, 1.82) is 0 Å². The predicted molar refractivity (Wildman–Crippen MR) is 80.0 cm³/mol. The van der Waals surface area contributed by atoms with Crippen LogP contribution in [0.15, 0.2) is 18.2 Å². The van der Waals surface area contributed by atoms with Crippen molar-refractivity contribution in [2.45, 2.75) is 33.3 Å². The maximum absolute atomic E-state index is 12.0. The van der Waals surface area contributed by atoms with Crippen LogP contribution in [-0.4, -0.2) is 42.8 Å². The number of benzene rings is 1. The summed E-state index contributed by atoms with van der Waals surface area (Å²) < 4.78 is 5.41. The molecule has 4 heteroatoms. The van der Waals surface area contributed by atoms with Gasteiger partial charge in [0.05, 0.1) is 0 Å². The maximum atomic E-state index is 12.0. The Bertz CT molecular complexity index is 472. The highest BCUT2D eigenvalue weighted by molar-refractivity contribution is 5.68. The number of carbonyl (C=O) groups excluding carboxylic acids is 1. The Labute approximate surface area is 121 Å². The summed E-state index contributed by atoms with van der Waals surface area (Å²) in [5, 5.41) is 0. The minimum absolute atomic E-state index is 0.213. The number of rotatable bonds is 1. The Hall–Kier alpha value is -1.71. The van der Waals surface area contributed by atoms with E-state index >= 15 is 0 Å². The average Bonchev–Trinajstić information content (AvgIpc) is 2.37. The first-order valence-electron chi connectivity index (χ1n) is 7.06. The Morgan fingerprint density at radius 1 is 1.25 bits per heavy atom. The first-order chi connectivity index (χ1) is 9.37. The van der Waals surface area contributed by atoms with Crippen LogP contribution in [0.1, 0.15) is 26.3 Å². The molecule has 1 heterocycles. The molecule has 1 aliphatic rings. The normalized spacial score (nSPS) is 16.2. The van der Waals surface area contributed by atoms with Gasteiger partial charge in [0.15, 0.2) is 0 Å². The van der Waals surface area contributed by atoms with E-state index in [4.69, 9.17) is 4.74 Å². The van der Waals surface area contributed by atoms with Gasteiger partial charge in [0.25, 0.3) is 0 Å². The largest absolute Gasteiger partial charge is 0.444 e. The summed E-state index contributed by atoms with van der Waals surface area (Å²) in [6, 6.07) is 9.09. The molecule has 0 N–H and O–H groups in total. The SMILES string of the molecule is Cc1c[c]ccc1N1CCN(C(=O)OC(C)(C)C)CC1. The van der Waals surface area contributed by atoms with E-state index in [0.717, 1.165) is 13.1 Å². The fourth-order valence-electron chi connectivity index (χ4n) is 2.32. The van der Waals surface area contributed by atoms with Crippen molar-refractivity contribution >= 4 is 11.8 Å². The highest BCUT2D eigenvalue weighted by atomic mass is 16.6. The van der Waals surface area contributed by atoms with Crippen LogP contribution < -0.4 is 4.90 Å². The van der Waals surface area contributed by atoms with Crippen molar-refractivity contribution in [2.75, 3.05) is 31.1 Å². The van der Waals surface area contributed by atoms with Crippen molar-refractivity contribution in [3.05, 3.63) is 29.8 Å². The second kappa shape index (κ2) is 5.73. The van der Waals surface area contributed by atoms with E-state index in [1.807, 2.05) is 32.9 Å². The molecule has 20 heavy (non-hydrogen) atoms. The number of aryl methyl sites for hydroxylation is 1. The molecule has 1 aromatic carbocycles. The van der Waals surface area contributed by atoms with Gasteiger partial charge in [0.1, 0.15) is 5.60 Å². The molecule has 1 aliphatic heterocycles. The summed E-state index contributed by atoms with van der Waals surface area (Å²) in [5.74, 6) is 0. The standard InChI is InChI=1S/C16H23N2O2/c1-13-7-5-6-8-14(13)17-9-11-18(12-10-17)15(19)20-16(2,3)4/h6-8H,9-12H2,1-4H3. The quantitative estimate of drug-likeness (QED) is 0.790. The molecule has 1 radical (unpaired) electrons. The molecule has 1 saturated heterocycles. The number of hydrogen-bond donors (Lipinski definition) is 0. The van der Waals surface area contributed by atoms with E-state index < -0.39 is 5.60 Å². The van der Waals surface area contributed by atoms with E-state index in [1.54, 1.807) is 4.90 Å². The first-order valence-corrected chi connectivity index (χ1v) is 7.06. The lowest BCUT2D eigenvalue weighted by Gasteiger charge is -2.37. The number of carbonyl (C=O) groups is 1. The Kier molecular flexibility index (Phi) is 4.21. The number of piperazine rings is 1. The van der Waals surface area contributed by atoms with Crippen molar-refractivity contribution < 1.29 is 9.53 Å². The number of hydrogen-bond acceptors (Lipinski definition) is 3. The Morgan fingerprint density at radius 3 is 2.45 bits per heavy atom. The van der Waals surface area contributed by atoms with Gasteiger partial charge in [-0.2, -0.15) is 0 Å². The summed E-state index contributed by atoms with van der Waals surface area (Å²) in [5.41, 5.74) is 2.02. The minimum Gasteiger partial charge on any atom is -0.444 e. The van der Waals surface area contributed by atoms with Crippen molar-refractivity contribution in [2.24, 2.45) is 0 Å². The van der Waals surface area contributed by atoms with E-state index in [2.05, 4.69) is 24.0 Å². The molecule has 109 valence electrons. The molecular formula is C16H23N2O2. The number of nitrogens with zero attached hydrogens (tertiary/aromatic N) is 2. The van der Waals surface area contributed by atoms with Crippen molar-refractivity contribution in [3.8, 4) is 0 Å². The molecule has 2 rings (SSSR count). The molecule has 0 bridgehead atoms. The van der Waals surface area contributed by atoms with E-state index in [-0.39, 0.29) is 6.09 Å². The van der Waals surface area contributed by atoms with Crippen molar-refractivity contribution in [1.82, 2.24) is 4.90 Å². The number of amides is 1. The van der Waals surface area contributed by atoms with Gasteiger partial charge in [-0.25, -0.2) is 4.79 Å². The van der Waals surface area contributed by atoms with E-state index in [9.17, 15) is 4.79 Å². The fraction of sp³-hybridized carbons (Fsp3) is 0.562.